The van der Waals surface area contributed by atoms with Crippen LogP contribution >= 0.6 is 23.2 Å². The van der Waals surface area contributed by atoms with Crippen LogP contribution in [-0.4, -0.2) is 55.8 Å². The Bertz CT molecular complexity index is 2600. The molecule has 0 aliphatic rings. The van der Waals surface area contributed by atoms with Crippen molar-refractivity contribution in [2.24, 2.45) is 0 Å². The molecule has 0 unspecified atom stereocenters. The number of aromatic nitrogens is 4. The smallest absolute Gasteiger partial charge is 0.271 e. The fraction of sp³-hybridized carbons (Fsp3) is 0.0588. The van der Waals surface area contributed by atoms with Gasteiger partial charge in [-0.15, -0.1) is 0 Å². The molecule has 2 aromatic heterocycles. The molecule has 0 aliphatic heterocycles. The maximum atomic E-state index is 12.2. The summed E-state index contributed by atoms with van der Waals surface area (Å²) in [5.41, 5.74) is 7.99. The lowest BCUT2D eigenvalue weighted by atomic mass is 10.3. The molecule has 290 valence electrons. The second-order valence-electron chi connectivity index (χ2n) is 11.1. The number of nitro benzene ring substituents is 1. The Morgan fingerprint density at radius 1 is 0.625 bits per heavy atom. The molecule has 0 saturated carbocycles. The van der Waals surface area contributed by atoms with Gasteiger partial charge >= 0.3 is 0 Å². The molecule has 18 nitrogen and oxygen atoms in total. The van der Waals surface area contributed by atoms with Crippen LogP contribution in [0.1, 0.15) is 0 Å². The molecule has 8 N–H and O–H groups in total. The number of anilines is 9. The van der Waals surface area contributed by atoms with Crippen molar-refractivity contribution in [2.75, 3.05) is 41.1 Å². The average Bonchev–Trinajstić information content (AvgIpc) is 3.18. The molecule has 2 heterocycles. The first-order valence-electron chi connectivity index (χ1n) is 16.0. The van der Waals surface area contributed by atoms with E-state index in [9.17, 15) is 26.9 Å². The minimum Gasteiger partial charge on any atom is -0.399 e. The number of para-hydroxylation sites is 2. The van der Waals surface area contributed by atoms with Crippen LogP contribution in [0.4, 0.5) is 57.7 Å². The van der Waals surface area contributed by atoms with E-state index >= 15 is 0 Å². The molecule has 0 atom stereocenters. The van der Waals surface area contributed by atoms with Crippen LogP contribution in [0.2, 0.25) is 10.0 Å². The molecule has 0 aliphatic carbocycles. The monoisotopic (exact) mass is 838 g/mol. The van der Waals surface area contributed by atoms with Gasteiger partial charge in [-0.2, -0.15) is 9.97 Å². The lowest BCUT2D eigenvalue weighted by molar-refractivity contribution is -0.384. The zero-order valence-electron chi connectivity index (χ0n) is 29.2. The molecule has 0 spiro atoms. The summed E-state index contributed by atoms with van der Waals surface area (Å²) in [6, 6.07) is 25.6. The van der Waals surface area contributed by atoms with Gasteiger partial charge in [-0.1, -0.05) is 59.6 Å². The molecule has 0 amide bonds. The zero-order valence-corrected chi connectivity index (χ0v) is 32.4. The maximum absolute atomic E-state index is 12.2. The number of benzene rings is 4. The van der Waals surface area contributed by atoms with Crippen molar-refractivity contribution >= 4 is 101 Å². The molecule has 22 heteroatoms. The van der Waals surface area contributed by atoms with Gasteiger partial charge in [0.2, 0.25) is 31.9 Å². The Kier molecular flexibility index (Phi) is 13.2. The summed E-state index contributed by atoms with van der Waals surface area (Å²) in [6.45, 7) is 0. The number of hydrogen-bond acceptors (Lipinski definition) is 15. The highest BCUT2D eigenvalue weighted by atomic mass is 35.5. The second kappa shape index (κ2) is 18.0. The van der Waals surface area contributed by atoms with Crippen molar-refractivity contribution in [2.45, 2.75) is 9.79 Å². The molecule has 0 fully saturated rings. The molecule has 6 rings (SSSR count). The van der Waals surface area contributed by atoms with Crippen molar-refractivity contribution in [3.05, 3.63) is 130 Å². The number of nitrogens with two attached hydrogens (primary N) is 1. The van der Waals surface area contributed by atoms with Gasteiger partial charge in [-0.25, -0.2) is 36.2 Å². The van der Waals surface area contributed by atoms with Crippen molar-refractivity contribution in [1.29, 1.82) is 0 Å². The SMILES string of the molecule is CNS(=O)(=O)c1ccccc1Nc1nc(Nc2cccc(N)c2)ncc1Cl.CNS(=O)(=O)c1ccccc1Nc1nc(Nc2cccc([N+](=O)[O-])c2)ncc1Cl. The van der Waals surface area contributed by atoms with Crippen molar-refractivity contribution in [3.8, 4) is 0 Å². The highest BCUT2D eigenvalue weighted by Gasteiger charge is 2.19. The summed E-state index contributed by atoms with van der Waals surface area (Å²) >= 11 is 12.3. The summed E-state index contributed by atoms with van der Waals surface area (Å²) < 4.78 is 53.4. The van der Waals surface area contributed by atoms with E-state index in [-0.39, 0.29) is 54.7 Å². The van der Waals surface area contributed by atoms with Crippen LogP contribution in [-0.2, 0) is 20.0 Å². The number of nitrogens with zero attached hydrogens (tertiary/aromatic N) is 5. The van der Waals surface area contributed by atoms with E-state index in [0.717, 1.165) is 0 Å². The van der Waals surface area contributed by atoms with Crippen molar-refractivity contribution in [3.63, 3.8) is 0 Å². The normalized spacial score (nSPS) is 11.1. The van der Waals surface area contributed by atoms with E-state index in [1.807, 2.05) is 6.07 Å². The van der Waals surface area contributed by atoms with Crippen LogP contribution < -0.4 is 36.4 Å². The molecule has 0 radical (unpaired) electrons. The topological polar surface area (TPSA) is 261 Å². The van der Waals surface area contributed by atoms with Crippen LogP contribution in [0.25, 0.3) is 0 Å². The Balaban J connectivity index is 0.000000215. The van der Waals surface area contributed by atoms with Gasteiger partial charge in [-0.05, 0) is 62.6 Å². The Labute approximate surface area is 331 Å². The highest BCUT2D eigenvalue weighted by molar-refractivity contribution is 7.90. The number of hydrogen-bond donors (Lipinski definition) is 7. The van der Waals surface area contributed by atoms with Crippen LogP contribution in [0, 0.1) is 10.1 Å². The lowest BCUT2D eigenvalue weighted by Gasteiger charge is -2.13. The number of nitro groups is 1. The Morgan fingerprint density at radius 2 is 1.07 bits per heavy atom. The van der Waals surface area contributed by atoms with Gasteiger partial charge in [-0.3, -0.25) is 10.1 Å². The van der Waals surface area contributed by atoms with Gasteiger partial charge < -0.3 is 27.0 Å². The first-order chi connectivity index (χ1) is 26.7. The van der Waals surface area contributed by atoms with Crippen molar-refractivity contribution in [1.82, 2.24) is 29.4 Å². The number of non-ortho nitro benzene ring substituents is 1. The zero-order chi connectivity index (χ0) is 40.5. The van der Waals surface area contributed by atoms with E-state index in [4.69, 9.17) is 28.9 Å². The number of nitrogens with one attached hydrogen (secondary N) is 6. The van der Waals surface area contributed by atoms with Gasteiger partial charge in [0.05, 0.1) is 28.7 Å². The maximum Gasteiger partial charge on any atom is 0.271 e. The van der Waals surface area contributed by atoms with Gasteiger partial charge in [0, 0.05) is 29.2 Å². The third-order valence-corrected chi connectivity index (χ3v) is 10.8. The summed E-state index contributed by atoms with van der Waals surface area (Å²) in [7, 11) is -4.71. The van der Waals surface area contributed by atoms with E-state index < -0.39 is 25.0 Å². The summed E-state index contributed by atoms with van der Waals surface area (Å²) in [6.07, 6.45) is 2.74. The number of rotatable bonds is 13. The number of halogens is 2. The number of sulfonamides is 2. The summed E-state index contributed by atoms with van der Waals surface area (Å²) in [4.78, 5) is 27.2. The lowest BCUT2D eigenvalue weighted by Crippen LogP contribution is -2.19. The fourth-order valence-electron chi connectivity index (χ4n) is 4.69. The molecule has 6 aromatic rings. The van der Waals surface area contributed by atoms with Crippen molar-refractivity contribution < 1.29 is 21.8 Å². The third kappa shape index (κ3) is 10.5. The molecule has 0 saturated heterocycles. The quantitative estimate of drug-likeness (QED) is 0.0370. The summed E-state index contributed by atoms with van der Waals surface area (Å²) in [5, 5.41) is 23.0. The minimum atomic E-state index is -3.71. The highest BCUT2D eigenvalue weighted by Crippen LogP contribution is 2.31. The van der Waals surface area contributed by atoms with Crippen LogP contribution in [0.3, 0.4) is 0 Å². The largest absolute Gasteiger partial charge is 0.399 e. The van der Waals surface area contributed by atoms with Crippen LogP contribution in [0.15, 0.2) is 119 Å². The van der Waals surface area contributed by atoms with E-state index in [1.54, 1.807) is 60.7 Å². The summed E-state index contributed by atoms with van der Waals surface area (Å²) in [5.74, 6) is 0.818. The predicted octanol–water partition coefficient (Wildman–Crippen LogP) is 6.54. The van der Waals surface area contributed by atoms with E-state index in [2.05, 4.69) is 50.6 Å². The fourth-order valence-corrected chi connectivity index (χ4v) is 6.73. The first kappa shape index (κ1) is 41.0. The standard InChI is InChI=1S/C17H15ClN6O4S.C17H17ClN6O2S/c1-19-29(27,28)15-8-3-2-7-14(15)22-16-13(18)10-20-17(23-16)21-11-5-4-6-12(9-11)24(25)26;1-20-27(25,26)15-8-3-2-7-14(15)23-16-13(18)10-21-17(24-16)22-12-6-4-5-11(19)9-12/h2-10,19H,1H3,(H2,20,21,22,23);2-10,20H,19H2,1H3,(H2,21,22,23,24). The average molecular weight is 840 g/mol. The first-order valence-corrected chi connectivity index (χ1v) is 19.7. The van der Waals surface area contributed by atoms with E-state index in [0.29, 0.717) is 22.7 Å². The Hall–Kier alpha value is -6.16. The molecular weight excluding hydrogens is 807 g/mol. The predicted molar refractivity (Wildman–Crippen MR) is 217 cm³/mol. The molecule has 4 aromatic carbocycles. The molecule has 56 heavy (non-hydrogen) atoms. The third-order valence-electron chi connectivity index (χ3n) is 7.34. The molecular formula is C34H32Cl2N12O6S2. The second-order valence-corrected chi connectivity index (χ2v) is 15.6. The van der Waals surface area contributed by atoms with Gasteiger partial charge in [0.25, 0.3) is 5.69 Å². The van der Waals surface area contributed by atoms with Gasteiger partial charge in [0.1, 0.15) is 19.8 Å². The van der Waals surface area contributed by atoms with Gasteiger partial charge in [0.15, 0.2) is 11.6 Å². The van der Waals surface area contributed by atoms with Crippen LogP contribution in [0.5, 0.6) is 0 Å². The minimum absolute atomic E-state index is 0.0189. The molecule has 0 bridgehead atoms. The van der Waals surface area contributed by atoms with E-state index in [1.165, 1.54) is 56.8 Å². The Morgan fingerprint density at radius 3 is 1.52 bits per heavy atom. The number of nitrogen functional groups attached to an aromatic ring is 1.